The second-order valence-corrected chi connectivity index (χ2v) is 6.70. The first-order valence-electron chi connectivity index (χ1n) is 5.12. The van der Waals surface area contributed by atoms with Crippen molar-refractivity contribution in [2.45, 2.75) is 17.9 Å². The monoisotopic (exact) mass is 321 g/mol. The van der Waals surface area contributed by atoms with Crippen LogP contribution < -0.4 is 0 Å². The molecule has 1 aromatic carbocycles. The van der Waals surface area contributed by atoms with Crippen molar-refractivity contribution in [3.8, 4) is 0 Å². The molecule has 0 spiro atoms. The molecule has 0 aliphatic heterocycles. The molecule has 0 bridgehead atoms. The number of hydrogen-bond acceptors (Lipinski definition) is 3. The van der Waals surface area contributed by atoms with E-state index in [2.05, 4.69) is 15.9 Å². The number of halogens is 1. The van der Waals surface area contributed by atoms with Gasteiger partial charge in [-0.1, -0.05) is 22.0 Å². The minimum atomic E-state index is -3.46. The van der Waals surface area contributed by atoms with Crippen LogP contribution in [0.5, 0.6) is 0 Å². The fourth-order valence-electron chi connectivity index (χ4n) is 1.38. The Morgan fingerprint density at radius 3 is 2.65 bits per heavy atom. The summed E-state index contributed by atoms with van der Waals surface area (Å²) < 4.78 is 31.5. The Balaban J connectivity index is 3.03. The Bertz CT molecular complexity index is 475. The van der Waals surface area contributed by atoms with Crippen LogP contribution in [-0.2, 0) is 14.8 Å². The van der Waals surface area contributed by atoms with E-state index in [0.29, 0.717) is 6.61 Å². The minimum Gasteiger partial charge on any atom is -0.383 e. The molecule has 0 aromatic heterocycles. The zero-order chi connectivity index (χ0) is 13.1. The number of sulfonamides is 1. The zero-order valence-corrected chi connectivity index (χ0v) is 12.5. The van der Waals surface area contributed by atoms with Crippen LogP contribution in [0.15, 0.2) is 33.6 Å². The van der Waals surface area contributed by atoms with Gasteiger partial charge in [-0.3, -0.25) is 0 Å². The molecule has 0 aliphatic rings. The summed E-state index contributed by atoms with van der Waals surface area (Å²) in [6.07, 6.45) is 0. The Kier molecular flexibility index (Phi) is 5.12. The van der Waals surface area contributed by atoms with Gasteiger partial charge in [-0.05, 0) is 25.1 Å². The summed E-state index contributed by atoms with van der Waals surface area (Å²) in [6.45, 7) is 2.17. The van der Waals surface area contributed by atoms with Crippen molar-refractivity contribution >= 4 is 26.0 Å². The van der Waals surface area contributed by atoms with E-state index in [1.54, 1.807) is 45.3 Å². The van der Waals surface area contributed by atoms with E-state index in [0.717, 1.165) is 4.47 Å². The van der Waals surface area contributed by atoms with Gasteiger partial charge in [0, 0.05) is 24.7 Å². The molecule has 4 nitrogen and oxygen atoms in total. The lowest BCUT2D eigenvalue weighted by Gasteiger charge is -2.23. The standard InChI is InChI=1S/C11H16BrNO3S/c1-9(8-16-3)13(2)17(14,15)11-6-4-5-10(12)7-11/h4-7,9H,8H2,1-3H3. The van der Waals surface area contributed by atoms with Gasteiger partial charge in [-0.2, -0.15) is 4.31 Å². The molecule has 0 aliphatic carbocycles. The van der Waals surface area contributed by atoms with Crippen LogP contribution in [0.1, 0.15) is 6.92 Å². The lowest BCUT2D eigenvalue weighted by Crippen LogP contribution is -2.37. The summed E-state index contributed by atoms with van der Waals surface area (Å²) in [7, 11) is -0.352. The molecule has 1 unspecified atom stereocenters. The van der Waals surface area contributed by atoms with Crippen LogP contribution in [-0.4, -0.2) is 39.5 Å². The highest BCUT2D eigenvalue weighted by Crippen LogP contribution is 2.20. The predicted octanol–water partition coefficient (Wildman–Crippen LogP) is 2.10. The Morgan fingerprint density at radius 2 is 2.12 bits per heavy atom. The third kappa shape index (κ3) is 3.51. The predicted molar refractivity (Wildman–Crippen MR) is 70.4 cm³/mol. The van der Waals surface area contributed by atoms with Crippen LogP contribution in [0.25, 0.3) is 0 Å². The Hall–Kier alpha value is -0.430. The number of hydrogen-bond donors (Lipinski definition) is 0. The number of nitrogens with zero attached hydrogens (tertiary/aromatic N) is 1. The molecule has 6 heteroatoms. The van der Waals surface area contributed by atoms with Gasteiger partial charge in [0.2, 0.25) is 10.0 Å². The van der Waals surface area contributed by atoms with Crippen LogP contribution in [0.2, 0.25) is 0 Å². The van der Waals surface area contributed by atoms with Gasteiger partial charge in [-0.25, -0.2) is 8.42 Å². The molecule has 0 radical (unpaired) electrons. The van der Waals surface area contributed by atoms with Crippen LogP contribution in [0.4, 0.5) is 0 Å². The molecular weight excluding hydrogens is 306 g/mol. The third-order valence-electron chi connectivity index (χ3n) is 2.50. The van der Waals surface area contributed by atoms with Gasteiger partial charge < -0.3 is 4.74 Å². The molecule has 0 fully saturated rings. The SMILES string of the molecule is COCC(C)N(C)S(=O)(=O)c1cccc(Br)c1. The average molecular weight is 322 g/mol. The smallest absolute Gasteiger partial charge is 0.243 e. The molecule has 0 N–H and O–H groups in total. The molecule has 0 amide bonds. The zero-order valence-electron chi connectivity index (χ0n) is 10.1. The van der Waals surface area contributed by atoms with Gasteiger partial charge in [0.15, 0.2) is 0 Å². The maximum Gasteiger partial charge on any atom is 0.243 e. The van der Waals surface area contributed by atoms with Gasteiger partial charge in [-0.15, -0.1) is 0 Å². The minimum absolute atomic E-state index is 0.205. The fraction of sp³-hybridized carbons (Fsp3) is 0.455. The third-order valence-corrected chi connectivity index (χ3v) is 4.96. The highest BCUT2D eigenvalue weighted by Gasteiger charge is 2.25. The second-order valence-electron chi connectivity index (χ2n) is 3.78. The van der Waals surface area contributed by atoms with Crippen molar-refractivity contribution in [1.82, 2.24) is 4.31 Å². The molecule has 96 valence electrons. The molecule has 1 aromatic rings. The van der Waals surface area contributed by atoms with Crippen LogP contribution >= 0.6 is 15.9 Å². The fourth-order valence-corrected chi connectivity index (χ4v) is 3.32. The largest absolute Gasteiger partial charge is 0.383 e. The van der Waals surface area contributed by atoms with E-state index < -0.39 is 10.0 Å². The van der Waals surface area contributed by atoms with Crippen molar-refractivity contribution in [3.05, 3.63) is 28.7 Å². The lowest BCUT2D eigenvalue weighted by molar-refractivity contribution is 0.149. The first kappa shape index (κ1) is 14.6. The van der Waals surface area contributed by atoms with E-state index in [-0.39, 0.29) is 10.9 Å². The number of ether oxygens (including phenoxy) is 1. The van der Waals surface area contributed by atoms with E-state index in [9.17, 15) is 8.42 Å². The highest BCUT2D eigenvalue weighted by molar-refractivity contribution is 9.10. The highest BCUT2D eigenvalue weighted by atomic mass is 79.9. The molecule has 0 heterocycles. The van der Waals surface area contributed by atoms with Crippen molar-refractivity contribution < 1.29 is 13.2 Å². The number of methoxy groups -OCH3 is 1. The Morgan fingerprint density at radius 1 is 1.47 bits per heavy atom. The number of benzene rings is 1. The molecule has 0 saturated heterocycles. The maximum absolute atomic E-state index is 12.3. The average Bonchev–Trinajstić information content (AvgIpc) is 2.28. The molecular formula is C11H16BrNO3S. The molecule has 1 atom stereocenters. The van der Waals surface area contributed by atoms with Crippen molar-refractivity contribution in [3.63, 3.8) is 0 Å². The van der Waals surface area contributed by atoms with E-state index in [1.165, 1.54) is 4.31 Å². The molecule has 1 rings (SSSR count). The van der Waals surface area contributed by atoms with Gasteiger partial charge in [0.05, 0.1) is 11.5 Å². The van der Waals surface area contributed by atoms with Crippen molar-refractivity contribution in [2.24, 2.45) is 0 Å². The summed E-state index contributed by atoms with van der Waals surface area (Å²) in [4.78, 5) is 0.275. The summed E-state index contributed by atoms with van der Waals surface area (Å²) in [5.74, 6) is 0. The van der Waals surface area contributed by atoms with Gasteiger partial charge in [0.1, 0.15) is 0 Å². The summed E-state index contributed by atoms with van der Waals surface area (Å²) >= 11 is 3.26. The Labute approximate surface area is 111 Å². The second kappa shape index (κ2) is 5.95. The maximum atomic E-state index is 12.3. The normalized spacial score (nSPS) is 13.9. The molecule has 17 heavy (non-hydrogen) atoms. The van der Waals surface area contributed by atoms with Gasteiger partial charge >= 0.3 is 0 Å². The van der Waals surface area contributed by atoms with E-state index >= 15 is 0 Å². The lowest BCUT2D eigenvalue weighted by atomic mass is 10.4. The summed E-state index contributed by atoms with van der Waals surface area (Å²) in [6, 6.07) is 6.45. The van der Waals surface area contributed by atoms with E-state index in [1.807, 2.05) is 0 Å². The van der Waals surface area contributed by atoms with Crippen LogP contribution in [0.3, 0.4) is 0 Å². The topological polar surface area (TPSA) is 46.6 Å². The quantitative estimate of drug-likeness (QED) is 0.834. The summed E-state index contributed by atoms with van der Waals surface area (Å²) in [5.41, 5.74) is 0. The first-order valence-corrected chi connectivity index (χ1v) is 7.35. The first-order chi connectivity index (χ1) is 7.89. The molecule has 0 saturated carbocycles. The number of rotatable bonds is 5. The van der Waals surface area contributed by atoms with Gasteiger partial charge in [0.25, 0.3) is 0 Å². The van der Waals surface area contributed by atoms with Crippen molar-refractivity contribution in [2.75, 3.05) is 20.8 Å². The summed E-state index contributed by atoms with van der Waals surface area (Å²) in [5, 5.41) is 0. The van der Waals surface area contributed by atoms with Crippen molar-refractivity contribution in [1.29, 1.82) is 0 Å². The van der Waals surface area contributed by atoms with Crippen LogP contribution in [0, 0.1) is 0 Å². The number of likely N-dealkylation sites (N-methyl/N-ethyl adjacent to an activating group) is 1. The van der Waals surface area contributed by atoms with E-state index in [4.69, 9.17) is 4.74 Å².